The first-order chi connectivity index (χ1) is 11.1. The molecule has 1 aliphatic rings. The Morgan fingerprint density at radius 2 is 1.74 bits per heavy atom. The highest BCUT2D eigenvalue weighted by Crippen LogP contribution is 2.17. The van der Waals surface area contributed by atoms with Crippen molar-refractivity contribution in [2.75, 3.05) is 46.3 Å². The Hall–Kier alpha value is -0.900. The van der Waals surface area contributed by atoms with Gasteiger partial charge in [0.05, 0.1) is 0 Å². The molecule has 0 bridgehead atoms. The molecule has 2 atom stereocenters. The number of hydrogen-bond donors (Lipinski definition) is 1. The normalized spacial score (nSPS) is 19.7. The first-order valence-corrected chi connectivity index (χ1v) is 9.30. The van der Waals surface area contributed by atoms with Crippen LogP contribution >= 0.6 is 0 Å². The van der Waals surface area contributed by atoms with Crippen LogP contribution in [-0.2, 0) is 6.42 Å². The molecule has 1 N–H and O–H groups in total. The van der Waals surface area contributed by atoms with E-state index < -0.39 is 0 Å². The molecule has 3 heteroatoms. The molecule has 0 amide bonds. The van der Waals surface area contributed by atoms with Gasteiger partial charge in [-0.2, -0.15) is 0 Å². The molecule has 0 spiro atoms. The summed E-state index contributed by atoms with van der Waals surface area (Å²) in [5, 5.41) is 3.39. The molecule has 2 rings (SSSR count). The number of rotatable bonds is 8. The zero-order valence-corrected chi connectivity index (χ0v) is 15.5. The average Bonchev–Trinajstić information content (AvgIpc) is 2.59. The van der Waals surface area contributed by atoms with E-state index in [1.807, 2.05) is 0 Å². The summed E-state index contributed by atoms with van der Waals surface area (Å²) < 4.78 is 0. The van der Waals surface area contributed by atoms with Crippen LogP contribution in [0.4, 0.5) is 0 Å². The quantitative estimate of drug-likeness (QED) is 0.795. The summed E-state index contributed by atoms with van der Waals surface area (Å²) in [6.45, 7) is 14.0. The van der Waals surface area contributed by atoms with Crippen molar-refractivity contribution in [1.29, 1.82) is 0 Å². The van der Waals surface area contributed by atoms with Crippen molar-refractivity contribution >= 4 is 0 Å². The zero-order valence-electron chi connectivity index (χ0n) is 15.5. The highest BCUT2D eigenvalue weighted by molar-refractivity contribution is 5.21. The smallest absolute Gasteiger partial charge is 0.0247 e. The van der Waals surface area contributed by atoms with Crippen LogP contribution in [0.25, 0.3) is 0 Å². The lowest BCUT2D eigenvalue weighted by Crippen LogP contribution is -2.54. The molecule has 1 unspecified atom stereocenters. The molecule has 3 nitrogen and oxygen atoms in total. The van der Waals surface area contributed by atoms with Gasteiger partial charge in [0.2, 0.25) is 0 Å². The molecule has 0 saturated carbocycles. The van der Waals surface area contributed by atoms with Crippen LogP contribution < -0.4 is 5.32 Å². The highest BCUT2D eigenvalue weighted by atomic mass is 15.3. The maximum absolute atomic E-state index is 3.39. The van der Waals surface area contributed by atoms with Crippen LogP contribution in [0.3, 0.4) is 0 Å². The minimum atomic E-state index is 0.684. The Bertz CT molecular complexity index is 435. The molecule has 23 heavy (non-hydrogen) atoms. The summed E-state index contributed by atoms with van der Waals surface area (Å²) in [7, 11) is 2.08. The molecule has 0 radical (unpaired) electrons. The third kappa shape index (κ3) is 5.59. The van der Waals surface area contributed by atoms with Gasteiger partial charge in [-0.25, -0.2) is 0 Å². The molecular weight excluding hydrogens is 282 g/mol. The number of nitrogens with zero attached hydrogens (tertiary/aromatic N) is 2. The SMILES string of the molecule is CCC(C)[C@@H](CNC)N1CCN(CCc2ccc(C)cc2)CC1. The topological polar surface area (TPSA) is 18.5 Å². The van der Waals surface area contributed by atoms with Gasteiger partial charge in [-0.1, -0.05) is 50.1 Å². The van der Waals surface area contributed by atoms with Crippen LogP contribution in [0.1, 0.15) is 31.4 Å². The summed E-state index contributed by atoms with van der Waals surface area (Å²) >= 11 is 0. The number of benzene rings is 1. The summed E-state index contributed by atoms with van der Waals surface area (Å²) in [4.78, 5) is 5.33. The van der Waals surface area contributed by atoms with Gasteiger partial charge in [-0.05, 0) is 31.9 Å². The predicted molar refractivity (Wildman–Crippen MR) is 100 cm³/mol. The van der Waals surface area contributed by atoms with Crippen molar-refractivity contribution in [3.8, 4) is 0 Å². The maximum Gasteiger partial charge on any atom is 0.0247 e. The monoisotopic (exact) mass is 317 g/mol. The fourth-order valence-electron chi connectivity index (χ4n) is 3.53. The summed E-state index contributed by atoms with van der Waals surface area (Å²) in [6, 6.07) is 9.68. The van der Waals surface area contributed by atoms with Crippen molar-refractivity contribution < 1.29 is 0 Å². The van der Waals surface area contributed by atoms with Gasteiger partial charge in [-0.15, -0.1) is 0 Å². The van der Waals surface area contributed by atoms with Crippen LogP contribution in [0.2, 0.25) is 0 Å². The van der Waals surface area contributed by atoms with Crippen LogP contribution in [0, 0.1) is 12.8 Å². The van der Waals surface area contributed by atoms with Crippen molar-refractivity contribution in [3.63, 3.8) is 0 Å². The fraction of sp³-hybridized carbons (Fsp3) is 0.700. The van der Waals surface area contributed by atoms with E-state index in [1.54, 1.807) is 0 Å². The lowest BCUT2D eigenvalue weighted by Gasteiger charge is -2.41. The highest BCUT2D eigenvalue weighted by Gasteiger charge is 2.26. The molecule has 1 fully saturated rings. The standard InChI is InChI=1S/C20H35N3/c1-5-18(3)20(16-21-4)23-14-12-22(13-15-23)11-10-19-8-6-17(2)7-9-19/h6-9,18,20-21H,5,10-16H2,1-4H3/t18?,20-/m1/s1. The van der Waals surface area contributed by atoms with Crippen molar-refractivity contribution in [3.05, 3.63) is 35.4 Å². The van der Waals surface area contributed by atoms with Gasteiger partial charge in [0.15, 0.2) is 0 Å². The second-order valence-electron chi connectivity index (χ2n) is 7.12. The molecule has 1 aromatic carbocycles. The number of nitrogens with one attached hydrogen (secondary N) is 1. The molecular formula is C20H35N3. The third-order valence-corrected chi connectivity index (χ3v) is 5.43. The first kappa shape index (κ1) is 18.4. The molecule has 1 aromatic rings. The van der Waals surface area contributed by atoms with E-state index in [2.05, 4.69) is 67.2 Å². The maximum atomic E-state index is 3.39. The summed E-state index contributed by atoms with van der Waals surface area (Å²) in [6.07, 6.45) is 2.44. The second kappa shape index (κ2) is 9.41. The van der Waals surface area contributed by atoms with Crippen LogP contribution in [0.5, 0.6) is 0 Å². The number of aryl methyl sites for hydroxylation is 1. The van der Waals surface area contributed by atoms with Crippen molar-refractivity contribution in [2.45, 2.75) is 39.7 Å². The predicted octanol–water partition coefficient (Wildman–Crippen LogP) is 2.79. The minimum Gasteiger partial charge on any atom is -0.318 e. The first-order valence-electron chi connectivity index (χ1n) is 9.30. The van der Waals surface area contributed by atoms with E-state index in [0.717, 1.165) is 12.5 Å². The summed E-state index contributed by atoms with van der Waals surface area (Å²) in [5.41, 5.74) is 2.81. The lowest BCUT2D eigenvalue weighted by atomic mass is 9.96. The number of piperazine rings is 1. The molecule has 0 aliphatic carbocycles. The van der Waals surface area contributed by atoms with E-state index in [1.165, 1.54) is 56.7 Å². The van der Waals surface area contributed by atoms with Crippen LogP contribution in [-0.4, -0.2) is 62.2 Å². The Balaban J connectivity index is 1.77. The Labute approximate surface area is 143 Å². The molecule has 130 valence electrons. The second-order valence-corrected chi connectivity index (χ2v) is 7.12. The van der Waals surface area contributed by atoms with Gasteiger partial charge < -0.3 is 10.2 Å². The van der Waals surface area contributed by atoms with E-state index in [4.69, 9.17) is 0 Å². The molecule has 1 aliphatic heterocycles. The van der Waals surface area contributed by atoms with Gasteiger partial charge in [0.25, 0.3) is 0 Å². The molecule has 1 heterocycles. The Morgan fingerprint density at radius 3 is 2.30 bits per heavy atom. The van der Waals surface area contributed by atoms with E-state index in [9.17, 15) is 0 Å². The van der Waals surface area contributed by atoms with E-state index in [0.29, 0.717) is 6.04 Å². The fourth-order valence-corrected chi connectivity index (χ4v) is 3.53. The lowest BCUT2D eigenvalue weighted by molar-refractivity contribution is 0.0726. The Morgan fingerprint density at radius 1 is 1.09 bits per heavy atom. The number of likely N-dealkylation sites (N-methyl/N-ethyl adjacent to an activating group) is 1. The number of hydrogen-bond acceptors (Lipinski definition) is 3. The average molecular weight is 318 g/mol. The minimum absolute atomic E-state index is 0.684. The van der Waals surface area contributed by atoms with Gasteiger partial charge in [0.1, 0.15) is 0 Å². The van der Waals surface area contributed by atoms with Gasteiger partial charge in [0, 0.05) is 45.3 Å². The van der Waals surface area contributed by atoms with E-state index in [-0.39, 0.29) is 0 Å². The van der Waals surface area contributed by atoms with Crippen molar-refractivity contribution in [2.24, 2.45) is 5.92 Å². The van der Waals surface area contributed by atoms with E-state index >= 15 is 0 Å². The van der Waals surface area contributed by atoms with Crippen molar-refractivity contribution in [1.82, 2.24) is 15.1 Å². The Kier molecular flexibility index (Phi) is 7.54. The summed E-state index contributed by atoms with van der Waals surface area (Å²) in [5.74, 6) is 0.765. The molecule has 0 aromatic heterocycles. The third-order valence-electron chi connectivity index (χ3n) is 5.43. The van der Waals surface area contributed by atoms with Gasteiger partial charge in [-0.3, -0.25) is 4.90 Å². The largest absolute Gasteiger partial charge is 0.318 e. The molecule has 1 saturated heterocycles. The van der Waals surface area contributed by atoms with Crippen LogP contribution in [0.15, 0.2) is 24.3 Å². The zero-order chi connectivity index (χ0) is 16.7. The van der Waals surface area contributed by atoms with Gasteiger partial charge >= 0.3 is 0 Å².